The van der Waals surface area contributed by atoms with Gasteiger partial charge in [-0.2, -0.15) is 0 Å². The Morgan fingerprint density at radius 3 is 1.15 bits per heavy atom. The first-order chi connectivity index (χ1) is 67.6. The molecule has 1 aromatic carbocycles. The van der Waals surface area contributed by atoms with E-state index in [0.29, 0.717) is 22.9 Å². The summed E-state index contributed by atoms with van der Waals surface area (Å²) >= 11 is 0. The first kappa shape index (κ1) is 121. The van der Waals surface area contributed by atoms with Crippen LogP contribution in [0.25, 0.3) is 10.9 Å². The van der Waals surface area contributed by atoms with E-state index in [1.165, 1.54) is 31.2 Å². The molecule has 4 aromatic rings. The molecule has 0 aliphatic heterocycles. The summed E-state index contributed by atoms with van der Waals surface area (Å²) in [6, 6.07) is -21.2. The van der Waals surface area contributed by atoms with Gasteiger partial charge in [-0.1, -0.05) is 86.4 Å². The van der Waals surface area contributed by atoms with Crippen molar-refractivity contribution >= 4 is 129 Å². The first-order valence-corrected chi connectivity index (χ1v) is 47.2. The number of carboxylic acid groups (broad SMARTS) is 2. The second kappa shape index (κ2) is 62.2. The summed E-state index contributed by atoms with van der Waals surface area (Å²) in [5, 5.41) is 132. The number of nitrogens with zero attached hydrogens (tertiary/aromatic N) is 2. The first-order valence-electron chi connectivity index (χ1n) is 47.2. The molecule has 4 rings (SSSR count). The highest BCUT2D eigenvalue weighted by atomic mass is 16.4. The second-order valence-corrected chi connectivity index (χ2v) is 35.7. The van der Waals surface area contributed by atoms with Crippen LogP contribution in [0.3, 0.4) is 0 Å². The Bertz CT molecular complexity index is 4870. The average molecular weight is 2020 g/mol. The van der Waals surface area contributed by atoms with E-state index in [9.17, 15) is 103 Å². The topological polar surface area (TPSA) is 890 Å². The number of carbonyl (C=O) groups is 18. The van der Waals surface area contributed by atoms with E-state index >= 15 is 19.2 Å². The maximum atomic E-state index is 15.3. The van der Waals surface area contributed by atoms with Crippen LogP contribution >= 0.6 is 0 Å². The molecule has 0 unspecified atom stereocenters. The number of aliphatic hydroxyl groups excluding tert-OH is 5. The van der Waals surface area contributed by atoms with Gasteiger partial charge in [0.25, 0.3) is 0 Å². The zero-order valence-electron chi connectivity index (χ0n) is 81.8. The predicted octanol–water partition coefficient (Wildman–Crippen LogP) is -9.11. The minimum atomic E-state index is -1.99. The van der Waals surface area contributed by atoms with Crippen LogP contribution in [0.1, 0.15) is 170 Å². The zero-order chi connectivity index (χ0) is 107. The van der Waals surface area contributed by atoms with Gasteiger partial charge in [0.05, 0.1) is 45.2 Å². The number of hydrogen-bond donors (Lipinski definition) is 34. The molecule has 0 fully saturated rings. The van der Waals surface area contributed by atoms with Crippen LogP contribution in [0.2, 0.25) is 0 Å². The fourth-order valence-corrected chi connectivity index (χ4v) is 14.6. The van der Waals surface area contributed by atoms with Crippen LogP contribution in [-0.4, -0.2) is 334 Å². The number of fused-ring (bicyclic) bond motifs is 1. The smallest absolute Gasteiger partial charge is 0.326 e. The number of nitrogens with one attached hydrogen (secondary N) is 23. The number of unbranched alkanes of at least 4 members (excludes halogenated alkanes) is 1. The monoisotopic (exact) mass is 2020 g/mol. The van der Waals surface area contributed by atoms with E-state index < -0.39 is 292 Å². The summed E-state index contributed by atoms with van der Waals surface area (Å²) in [6.45, 7) is 11.8. The number of nitrogens with two attached hydrogens (primary N) is 4. The van der Waals surface area contributed by atoms with E-state index in [4.69, 9.17) is 33.8 Å². The lowest BCUT2D eigenvalue weighted by Crippen LogP contribution is -2.63. The van der Waals surface area contributed by atoms with Gasteiger partial charge in [0.15, 0.2) is 11.9 Å². The summed E-state index contributed by atoms with van der Waals surface area (Å²) in [6.07, 6.45) is 2.74. The molecule has 3 aromatic heterocycles. The van der Waals surface area contributed by atoms with E-state index in [1.807, 2.05) is 0 Å². The van der Waals surface area contributed by atoms with Crippen molar-refractivity contribution in [1.29, 1.82) is 10.8 Å². The summed E-state index contributed by atoms with van der Waals surface area (Å²) in [7, 11) is 0. The number of carbonyl (C=O) groups excluding carboxylic acids is 16. The number of rotatable bonds is 67. The van der Waals surface area contributed by atoms with Gasteiger partial charge in [-0.05, 0) is 120 Å². The van der Waals surface area contributed by atoms with Gasteiger partial charge in [-0.25, -0.2) is 14.8 Å². The lowest BCUT2D eigenvalue weighted by Gasteiger charge is -2.31. The average Bonchev–Trinajstić information content (AvgIpc) is 1.86. The number of amides is 16. The summed E-state index contributed by atoms with van der Waals surface area (Å²) in [5.74, 6) is -22.9. The van der Waals surface area contributed by atoms with Crippen molar-refractivity contribution in [3.8, 4) is 0 Å². The molecule has 143 heavy (non-hydrogen) atoms. The molecule has 54 nitrogen and oxygen atoms in total. The SMILES string of the molecule is CC[C@H](C)[C@H](NC(=O)[C@H](CCCNC(=N)N)NC(=O)[C@H](Cc1cnc[nH]1)NC(=O)[C@@H](NC(=O)[C@@H](NC(=O)[C@H](CCCCN)NC(=O)[C@H](CO)NC(=O)[C@@H](N)CO)[C@@H](C)CC)[C@@H](C)O)C(=O)N[C@@H](Cc1cnc[nH]1)C(=O)N[C@@H](Cc1c[nH]c2ccccc12)C(=O)N[C@@H](CCC(=O)O)C(=O)N[C@@H](CO)C(=O)N[C@@H](C)C(=O)N[C@@H](CO)C(=O)N[C@@H](CC(C)C)C(=O)N[C@@H](CC(C)C)C(=O)N[C@@H](CCCNC(=N)N)C(=O)O. The van der Waals surface area contributed by atoms with Gasteiger partial charge < -0.3 is 169 Å². The number of guanidine groups is 2. The van der Waals surface area contributed by atoms with Crippen molar-refractivity contribution in [2.75, 3.05) is 46.1 Å². The third-order valence-corrected chi connectivity index (χ3v) is 23.1. The maximum Gasteiger partial charge on any atom is 0.326 e. The van der Waals surface area contributed by atoms with Crippen molar-refractivity contribution in [2.24, 2.45) is 46.6 Å². The van der Waals surface area contributed by atoms with Crippen LogP contribution in [-0.2, 0) is 106 Å². The predicted molar refractivity (Wildman–Crippen MR) is 515 cm³/mol. The number of aliphatic hydroxyl groups is 5. The standard InChI is InChI=1S/C89H145N29O25/c1-11-45(7)68(116-75(130)56(22-17-27-98-88(92)93)104-79(134)62(32-50-35-96-41-101-50)112-86(141)70(48(10)123)118-85(140)69(46(8)12-2)117-74(129)55(21-15-16-26-90)105-82(137)66(40-122)114-72(127)53(91)37-119)84(139)111-63(33-51-36-97-42-102-51)80(135)110-61(31-49-34-100-54-20-14-13-19-52(49)54)78(133)106-57(24-25-67(124)125)73(128)115-64(38-120)81(136)103-47(9)71(126)113-65(39-121)83(138)109-60(30-44(5)6)77(132)108-59(29-43(3)4)76(131)107-58(87(142)143)23-18-28-99-89(94)95/h13-14,19-20,34-36,41-48,53,55-66,68-70,100,119-123H,11-12,15-18,21-33,37-40,90-91H2,1-10H3,(H,96,101)(H,97,102)(H,103,136)(H,104,134)(H,105,137)(H,106,133)(H,107,131)(H,108,132)(H,109,138)(H,110,135)(H,111,139)(H,112,141)(H,113,126)(H,114,127)(H,115,128)(H,116,130)(H,117,129)(H,118,140)(H,124,125)(H,142,143)(H4,92,93,98)(H4,94,95,99)/t45-,46-,47-,48+,53-,55-,56-,57-,58-,59-,60-,61-,62-,63-,64-,65-,66-,68-,69-,70-/m0/s1. The molecule has 16 amide bonds. The fourth-order valence-electron chi connectivity index (χ4n) is 14.6. The Hall–Kier alpha value is -14.1. The highest BCUT2D eigenvalue weighted by Gasteiger charge is 2.42. The number of aromatic nitrogens is 5. The number of aromatic amines is 3. The molecule has 20 atom stereocenters. The second-order valence-electron chi connectivity index (χ2n) is 35.7. The van der Waals surface area contributed by atoms with E-state index in [2.05, 4.69) is 121 Å². The molecule has 0 saturated carbocycles. The minimum Gasteiger partial charge on any atom is -0.481 e. The molecular formula is C89H145N29O25. The lowest BCUT2D eigenvalue weighted by molar-refractivity contribution is -0.142. The number of para-hydroxylation sites is 1. The largest absolute Gasteiger partial charge is 0.481 e. The van der Waals surface area contributed by atoms with Crippen LogP contribution in [0.4, 0.5) is 0 Å². The molecule has 38 N–H and O–H groups in total. The molecular weight excluding hydrogens is 1880 g/mol. The molecule has 0 aliphatic rings. The van der Waals surface area contributed by atoms with Gasteiger partial charge in [0, 0.05) is 79.7 Å². The number of hydrogen-bond acceptors (Lipinski definition) is 29. The molecule has 0 spiro atoms. The normalized spacial score (nSPS) is 15.5. The Morgan fingerprint density at radius 2 is 0.741 bits per heavy atom. The molecule has 0 aliphatic carbocycles. The Morgan fingerprint density at radius 1 is 0.392 bits per heavy atom. The Labute approximate surface area is 825 Å². The van der Waals surface area contributed by atoms with Crippen molar-refractivity contribution in [3.05, 3.63) is 72.5 Å². The van der Waals surface area contributed by atoms with E-state index in [1.54, 1.807) is 79.7 Å². The van der Waals surface area contributed by atoms with E-state index in [0.717, 1.165) is 13.8 Å². The van der Waals surface area contributed by atoms with Gasteiger partial charge in [0.2, 0.25) is 94.5 Å². The molecule has 0 radical (unpaired) electrons. The van der Waals surface area contributed by atoms with Crippen LogP contribution in [0.15, 0.2) is 55.5 Å². The summed E-state index contributed by atoms with van der Waals surface area (Å²) in [5.41, 5.74) is 23.6. The van der Waals surface area contributed by atoms with Crippen molar-refractivity contribution < 1.29 is 122 Å². The lowest BCUT2D eigenvalue weighted by atomic mass is 9.96. The molecule has 0 saturated heterocycles. The number of imidazole rings is 2. The molecule has 796 valence electrons. The number of benzene rings is 1. The summed E-state index contributed by atoms with van der Waals surface area (Å²) in [4.78, 5) is 270. The zero-order valence-corrected chi connectivity index (χ0v) is 81.8. The highest BCUT2D eigenvalue weighted by Crippen LogP contribution is 2.22. The number of carboxylic acids is 2. The fraction of sp³-hybridized carbons (Fsp3) is 0.618. The van der Waals surface area contributed by atoms with Gasteiger partial charge in [-0.15, -0.1) is 0 Å². The van der Waals surface area contributed by atoms with E-state index in [-0.39, 0.29) is 113 Å². The van der Waals surface area contributed by atoms with Crippen molar-refractivity contribution in [1.82, 2.24) is 121 Å². The quantitative estimate of drug-likeness (QED) is 0.0111. The molecule has 54 heteroatoms. The Kier molecular flexibility index (Phi) is 52.8. The van der Waals surface area contributed by atoms with Crippen LogP contribution in [0.5, 0.6) is 0 Å². The van der Waals surface area contributed by atoms with Gasteiger partial charge >= 0.3 is 11.9 Å². The Balaban J connectivity index is 1.65. The molecule has 0 bridgehead atoms. The summed E-state index contributed by atoms with van der Waals surface area (Å²) < 4.78 is 0. The van der Waals surface area contributed by atoms with Crippen molar-refractivity contribution in [2.45, 2.75) is 281 Å². The third-order valence-electron chi connectivity index (χ3n) is 23.1. The number of H-pyrrole nitrogens is 3. The number of aliphatic carboxylic acids is 2. The van der Waals surface area contributed by atoms with Crippen molar-refractivity contribution in [3.63, 3.8) is 0 Å². The highest BCUT2D eigenvalue weighted by molar-refractivity contribution is 6.02. The minimum absolute atomic E-state index is 0.00783. The van der Waals surface area contributed by atoms with Crippen LogP contribution in [0, 0.1) is 34.5 Å². The molecule has 3 heterocycles. The third kappa shape index (κ3) is 41.9. The van der Waals surface area contributed by atoms with Gasteiger partial charge in [0.1, 0.15) is 103 Å². The maximum absolute atomic E-state index is 15.3. The van der Waals surface area contributed by atoms with Crippen LogP contribution < -0.4 is 119 Å². The van der Waals surface area contributed by atoms with Gasteiger partial charge in [-0.3, -0.25) is 92.3 Å².